The van der Waals surface area contributed by atoms with Crippen LogP contribution in [0.25, 0.3) is 0 Å². The molecule has 2 heteroatoms. The van der Waals surface area contributed by atoms with Gasteiger partial charge in [-0.1, -0.05) is 32.0 Å². The van der Waals surface area contributed by atoms with Gasteiger partial charge in [0, 0.05) is 12.0 Å². The number of para-hydroxylation sites is 1. The number of rotatable bonds is 2. The summed E-state index contributed by atoms with van der Waals surface area (Å²) < 4.78 is 5.85. The molecular weight excluding hydrogens is 188 g/mol. The van der Waals surface area contributed by atoms with E-state index < -0.39 is 0 Å². The molecule has 0 amide bonds. The van der Waals surface area contributed by atoms with Gasteiger partial charge in [0.25, 0.3) is 0 Å². The fourth-order valence-corrected chi connectivity index (χ4v) is 2.14. The van der Waals surface area contributed by atoms with Gasteiger partial charge in [0.1, 0.15) is 11.9 Å². The standard InChI is InChI=1S/C13H18O2/c1-9(2)7-10-8-12(14)11-5-3-4-6-13(11)15-10/h3-6,9-10,12,14H,7-8H2,1-2H3/t10?,12-/m1/s1. The molecule has 2 rings (SSSR count). The van der Waals surface area contributed by atoms with Crippen LogP contribution < -0.4 is 4.74 Å². The molecule has 0 fully saturated rings. The largest absolute Gasteiger partial charge is 0.490 e. The molecule has 1 unspecified atom stereocenters. The maximum absolute atomic E-state index is 9.96. The lowest BCUT2D eigenvalue weighted by Gasteiger charge is -2.30. The van der Waals surface area contributed by atoms with E-state index in [1.165, 1.54) is 0 Å². The zero-order valence-corrected chi connectivity index (χ0v) is 9.31. The molecule has 1 aromatic rings. The average Bonchev–Trinajstić information content (AvgIpc) is 2.16. The lowest BCUT2D eigenvalue weighted by Crippen LogP contribution is -2.26. The van der Waals surface area contributed by atoms with E-state index in [0.29, 0.717) is 5.92 Å². The highest BCUT2D eigenvalue weighted by molar-refractivity contribution is 5.36. The molecular formula is C13H18O2. The van der Waals surface area contributed by atoms with Gasteiger partial charge in [0.05, 0.1) is 6.10 Å². The van der Waals surface area contributed by atoms with Crippen LogP contribution in [-0.4, -0.2) is 11.2 Å². The van der Waals surface area contributed by atoms with Crippen LogP contribution in [0.4, 0.5) is 0 Å². The van der Waals surface area contributed by atoms with Crippen molar-refractivity contribution >= 4 is 0 Å². The number of hydrogen-bond donors (Lipinski definition) is 1. The normalized spacial score (nSPS) is 24.8. The quantitative estimate of drug-likeness (QED) is 0.806. The molecule has 0 aromatic heterocycles. The third kappa shape index (κ3) is 2.32. The van der Waals surface area contributed by atoms with Crippen molar-refractivity contribution in [2.45, 2.75) is 38.9 Å². The Labute approximate surface area is 90.9 Å². The lowest BCUT2D eigenvalue weighted by molar-refractivity contribution is 0.0556. The Bertz CT molecular complexity index is 333. The molecule has 1 N–H and O–H groups in total. The maximum Gasteiger partial charge on any atom is 0.125 e. The van der Waals surface area contributed by atoms with Gasteiger partial charge in [-0.05, 0) is 18.4 Å². The molecule has 0 aliphatic carbocycles. The molecule has 15 heavy (non-hydrogen) atoms. The number of benzene rings is 1. The smallest absolute Gasteiger partial charge is 0.125 e. The minimum Gasteiger partial charge on any atom is -0.490 e. The fourth-order valence-electron chi connectivity index (χ4n) is 2.14. The minimum absolute atomic E-state index is 0.162. The van der Waals surface area contributed by atoms with Crippen LogP contribution in [-0.2, 0) is 0 Å². The molecule has 2 atom stereocenters. The number of aliphatic hydroxyl groups excluding tert-OH is 1. The predicted molar refractivity (Wildman–Crippen MR) is 59.9 cm³/mol. The molecule has 0 radical (unpaired) electrons. The van der Waals surface area contributed by atoms with Crippen molar-refractivity contribution in [1.29, 1.82) is 0 Å². The molecule has 0 saturated heterocycles. The lowest BCUT2D eigenvalue weighted by atomic mass is 9.94. The molecule has 0 spiro atoms. The fraction of sp³-hybridized carbons (Fsp3) is 0.538. The summed E-state index contributed by atoms with van der Waals surface area (Å²) in [5.41, 5.74) is 0.928. The second-order valence-corrected chi connectivity index (χ2v) is 4.66. The first-order valence-electron chi connectivity index (χ1n) is 5.60. The Morgan fingerprint density at radius 3 is 2.87 bits per heavy atom. The van der Waals surface area contributed by atoms with Crippen molar-refractivity contribution in [3.8, 4) is 5.75 Å². The van der Waals surface area contributed by atoms with E-state index in [1.54, 1.807) is 0 Å². The molecule has 82 valence electrons. The number of aliphatic hydroxyl groups is 1. The molecule has 1 heterocycles. The SMILES string of the molecule is CC(C)CC1C[C@@H](O)c2ccccc2O1. The summed E-state index contributed by atoms with van der Waals surface area (Å²) in [7, 11) is 0. The second-order valence-electron chi connectivity index (χ2n) is 4.66. The van der Waals surface area contributed by atoms with E-state index in [4.69, 9.17) is 4.74 Å². The van der Waals surface area contributed by atoms with Crippen LogP contribution in [0.15, 0.2) is 24.3 Å². The molecule has 0 bridgehead atoms. The van der Waals surface area contributed by atoms with Gasteiger partial charge >= 0.3 is 0 Å². The highest BCUT2D eigenvalue weighted by Gasteiger charge is 2.26. The first-order valence-corrected chi connectivity index (χ1v) is 5.60. The summed E-state index contributed by atoms with van der Waals surface area (Å²) in [6.45, 7) is 4.35. The van der Waals surface area contributed by atoms with Crippen LogP contribution in [0, 0.1) is 5.92 Å². The van der Waals surface area contributed by atoms with Crippen LogP contribution in [0.1, 0.15) is 38.4 Å². The third-order valence-corrected chi connectivity index (χ3v) is 2.79. The molecule has 1 aliphatic rings. The Morgan fingerprint density at radius 2 is 2.13 bits per heavy atom. The third-order valence-electron chi connectivity index (χ3n) is 2.79. The van der Waals surface area contributed by atoms with E-state index >= 15 is 0 Å². The van der Waals surface area contributed by atoms with Gasteiger partial charge in [-0.3, -0.25) is 0 Å². The van der Waals surface area contributed by atoms with Crippen molar-refractivity contribution in [2.24, 2.45) is 5.92 Å². The van der Waals surface area contributed by atoms with E-state index in [9.17, 15) is 5.11 Å². The highest BCUT2D eigenvalue weighted by Crippen LogP contribution is 2.35. The average molecular weight is 206 g/mol. The summed E-state index contributed by atoms with van der Waals surface area (Å²) >= 11 is 0. The second kappa shape index (κ2) is 4.23. The maximum atomic E-state index is 9.96. The minimum atomic E-state index is -0.362. The van der Waals surface area contributed by atoms with Gasteiger partial charge in [-0.25, -0.2) is 0 Å². The first-order chi connectivity index (χ1) is 7.16. The van der Waals surface area contributed by atoms with Gasteiger partial charge in [-0.2, -0.15) is 0 Å². The van der Waals surface area contributed by atoms with E-state index in [1.807, 2.05) is 24.3 Å². The Hall–Kier alpha value is -1.02. The van der Waals surface area contributed by atoms with Gasteiger partial charge < -0.3 is 9.84 Å². The van der Waals surface area contributed by atoms with Gasteiger partial charge in [-0.15, -0.1) is 0 Å². The van der Waals surface area contributed by atoms with E-state index in [-0.39, 0.29) is 12.2 Å². The Kier molecular flexibility index (Phi) is 2.96. The van der Waals surface area contributed by atoms with Crippen molar-refractivity contribution in [3.05, 3.63) is 29.8 Å². The summed E-state index contributed by atoms with van der Waals surface area (Å²) in [5.74, 6) is 1.45. The molecule has 1 aromatic carbocycles. The highest BCUT2D eigenvalue weighted by atomic mass is 16.5. The Morgan fingerprint density at radius 1 is 1.40 bits per heavy atom. The summed E-state index contributed by atoms with van der Waals surface area (Å²) in [4.78, 5) is 0. The van der Waals surface area contributed by atoms with E-state index in [0.717, 1.165) is 24.2 Å². The van der Waals surface area contributed by atoms with Crippen LogP contribution in [0.3, 0.4) is 0 Å². The van der Waals surface area contributed by atoms with Crippen molar-refractivity contribution < 1.29 is 9.84 Å². The van der Waals surface area contributed by atoms with Gasteiger partial charge in [0.2, 0.25) is 0 Å². The van der Waals surface area contributed by atoms with Gasteiger partial charge in [0.15, 0.2) is 0 Å². The first kappa shape index (κ1) is 10.5. The zero-order valence-electron chi connectivity index (χ0n) is 9.31. The molecule has 1 aliphatic heterocycles. The van der Waals surface area contributed by atoms with Crippen molar-refractivity contribution in [3.63, 3.8) is 0 Å². The number of hydrogen-bond acceptors (Lipinski definition) is 2. The monoisotopic (exact) mass is 206 g/mol. The molecule has 2 nitrogen and oxygen atoms in total. The Balaban J connectivity index is 2.15. The van der Waals surface area contributed by atoms with Crippen LogP contribution in [0.2, 0.25) is 0 Å². The zero-order chi connectivity index (χ0) is 10.8. The number of fused-ring (bicyclic) bond motifs is 1. The summed E-state index contributed by atoms with van der Waals surface area (Å²) in [6.07, 6.45) is 1.52. The van der Waals surface area contributed by atoms with Crippen LogP contribution in [0.5, 0.6) is 5.75 Å². The summed E-state index contributed by atoms with van der Waals surface area (Å²) in [5, 5.41) is 9.96. The topological polar surface area (TPSA) is 29.5 Å². The number of ether oxygens (including phenoxy) is 1. The van der Waals surface area contributed by atoms with E-state index in [2.05, 4.69) is 13.8 Å². The summed E-state index contributed by atoms with van der Waals surface area (Å²) in [6, 6.07) is 7.76. The molecule has 0 saturated carbocycles. The van der Waals surface area contributed by atoms with Crippen molar-refractivity contribution in [1.82, 2.24) is 0 Å². The van der Waals surface area contributed by atoms with Crippen molar-refractivity contribution in [2.75, 3.05) is 0 Å². The van der Waals surface area contributed by atoms with Crippen LogP contribution >= 0.6 is 0 Å². The predicted octanol–water partition coefficient (Wildman–Crippen LogP) is 2.92.